The minimum absolute atomic E-state index is 0.339. The molecule has 3 aromatic heterocycles. The molecule has 3 aromatic rings. The highest BCUT2D eigenvalue weighted by Gasteiger charge is 2.13. The summed E-state index contributed by atoms with van der Waals surface area (Å²) in [5, 5.41) is 0.961. The molecule has 0 saturated carbocycles. The lowest BCUT2D eigenvalue weighted by atomic mass is 10.1. The number of pyridine rings is 1. The quantitative estimate of drug-likeness (QED) is 0.649. The van der Waals surface area contributed by atoms with Gasteiger partial charge in [0.2, 0.25) is 0 Å². The Morgan fingerprint density at radius 2 is 2.09 bits per heavy atom. The Labute approximate surface area is 133 Å². The van der Waals surface area contributed by atoms with Crippen molar-refractivity contribution >= 4 is 11.8 Å². The molecular weight excluding hydrogens is 296 g/mol. The van der Waals surface area contributed by atoms with Crippen LogP contribution in [0.15, 0.2) is 52.8 Å². The average molecular weight is 314 g/mol. The van der Waals surface area contributed by atoms with Crippen LogP contribution in [0.4, 0.5) is 0 Å². The molecule has 3 rings (SSSR count). The molecule has 0 aliphatic heterocycles. The third kappa shape index (κ3) is 3.39. The molecule has 0 spiro atoms. The highest BCUT2D eigenvalue weighted by atomic mass is 32.2. The van der Waals surface area contributed by atoms with Crippen LogP contribution in [0.2, 0.25) is 0 Å². The standard InChI is InChI=1S/C16H18N4OS/c1-12(2)15-14(19-11-21-15)10-22-16-18-7-8-20(16)9-13-5-3-4-6-17-13/h3-8,11-12H,9-10H2,1-2H3. The summed E-state index contributed by atoms with van der Waals surface area (Å²) in [6, 6.07) is 5.93. The summed E-state index contributed by atoms with van der Waals surface area (Å²) in [4.78, 5) is 13.1. The first-order valence-electron chi connectivity index (χ1n) is 7.20. The first-order chi connectivity index (χ1) is 10.7. The number of thioether (sulfide) groups is 1. The summed E-state index contributed by atoms with van der Waals surface area (Å²) >= 11 is 1.66. The average Bonchev–Trinajstić information content (AvgIpc) is 3.15. The van der Waals surface area contributed by atoms with Crippen molar-refractivity contribution in [3.05, 3.63) is 60.3 Å². The van der Waals surface area contributed by atoms with Crippen LogP contribution in [-0.4, -0.2) is 19.5 Å². The van der Waals surface area contributed by atoms with Crippen LogP contribution in [0.1, 0.15) is 36.9 Å². The van der Waals surface area contributed by atoms with Crippen molar-refractivity contribution in [2.75, 3.05) is 0 Å². The van der Waals surface area contributed by atoms with E-state index < -0.39 is 0 Å². The van der Waals surface area contributed by atoms with E-state index in [1.165, 1.54) is 6.39 Å². The van der Waals surface area contributed by atoms with Crippen LogP contribution in [-0.2, 0) is 12.3 Å². The topological polar surface area (TPSA) is 56.7 Å². The van der Waals surface area contributed by atoms with Gasteiger partial charge in [-0.05, 0) is 12.1 Å². The Balaban J connectivity index is 1.69. The maximum atomic E-state index is 5.46. The van der Waals surface area contributed by atoms with E-state index in [0.717, 1.165) is 34.6 Å². The molecule has 0 N–H and O–H groups in total. The van der Waals surface area contributed by atoms with Gasteiger partial charge in [0.1, 0.15) is 5.76 Å². The lowest BCUT2D eigenvalue weighted by molar-refractivity contribution is 0.480. The largest absolute Gasteiger partial charge is 0.448 e. The van der Waals surface area contributed by atoms with E-state index in [1.54, 1.807) is 11.8 Å². The van der Waals surface area contributed by atoms with Gasteiger partial charge in [-0.15, -0.1) is 0 Å². The SMILES string of the molecule is CC(C)c1ocnc1CSc1nccn1Cc1ccccn1. The van der Waals surface area contributed by atoms with E-state index in [2.05, 4.69) is 33.4 Å². The summed E-state index contributed by atoms with van der Waals surface area (Å²) < 4.78 is 7.56. The summed E-state index contributed by atoms with van der Waals surface area (Å²) in [5.74, 6) is 2.05. The van der Waals surface area contributed by atoms with Gasteiger partial charge >= 0.3 is 0 Å². The molecule has 0 saturated heterocycles. The number of oxazole rings is 1. The van der Waals surface area contributed by atoms with Crippen molar-refractivity contribution in [3.63, 3.8) is 0 Å². The Morgan fingerprint density at radius 3 is 2.86 bits per heavy atom. The normalized spacial score (nSPS) is 11.2. The van der Waals surface area contributed by atoms with Crippen molar-refractivity contribution in [1.82, 2.24) is 19.5 Å². The number of rotatable bonds is 6. The van der Waals surface area contributed by atoms with Gasteiger partial charge in [0.25, 0.3) is 0 Å². The zero-order chi connectivity index (χ0) is 15.4. The summed E-state index contributed by atoms with van der Waals surface area (Å²) in [6.07, 6.45) is 7.12. The van der Waals surface area contributed by atoms with Gasteiger partial charge in [-0.3, -0.25) is 4.98 Å². The zero-order valence-electron chi connectivity index (χ0n) is 12.6. The Bertz CT molecular complexity index is 721. The molecule has 114 valence electrons. The van der Waals surface area contributed by atoms with Crippen LogP contribution in [0, 0.1) is 0 Å². The molecule has 0 fully saturated rings. The maximum Gasteiger partial charge on any atom is 0.181 e. The Morgan fingerprint density at radius 1 is 1.18 bits per heavy atom. The van der Waals surface area contributed by atoms with Crippen LogP contribution in [0.5, 0.6) is 0 Å². The molecule has 0 radical (unpaired) electrons. The fourth-order valence-electron chi connectivity index (χ4n) is 2.21. The van der Waals surface area contributed by atoms with Gasteiger partial charge in [0, 0.05) is 30.3 Å². The number of aromatic nitrogens is 4. The summed E-state index contributed by atoms with van der Waals surface area (Å²) in [6.45, 7) is 4.94. The highest BCUT2D eigenvalue weighted by Crippen LogP contribution is 2.26. The fourth-order valence-corrected chi connectivity index (χ4v) is 3.12. The van der Waals surface area contributed by atoms with Crippen molar-refractivity contribution in [2.24, 2.45) is 0 Å². The smallest absolute Gasteiger partial charge is 0.181 e. The van der Waals surface area contributed by atoms with E-state index in [-0.39, 0.29) is 0 Å². The molecular formula is C16H18N4OS. The van der Waals surface area contributed by atoms with Crippen LogP contribution < -0.4 is 0 Å². The van der Waals surface area contributed by atoms with E-state index in [4.69, 9.17) is 4.42 Å². The van der Waals surface area contributed by atoms with Crippen LogP contribution >= 0.6 is 11.8 Å². The third-order valence-electron chi connectivity index (χ3n) is 3.27. The molecule has 3 heterocycles. The third-order valence-corrected chi connectivity index (χ3v) is 4.29. The predicted molar refractivity (Wildman–Crippen MR) is 85.7 cm³/mol. The van der Waals surface area contributed by atoms with Gasteiger partial charge in [0.15, 0.2) is 11.6 Å². The predicted octanol–water partition coefficient (Wildman–Crippen LogP) is 3.73. The number of hydrogen-bond acceptors (Lipinski definition) is 5. The van der Waals surface area contributed by atoms with E-state index in [0.29, 0.717) is 5.92 Å². The van der Waals surface area contributed by atoms with Gasteiger partial charge in [0.05, 0.1) is 17.9 Å². The van der Waals surface area contributed by atoms with Crippen LogP contribution in [0.25, 0.3) is 0 Å². The maximum absolute atomic E-state index is 5.46. The molecule has 22 heavy (non-hydrogen) atoms. The Hall–Kier alpha value is -2.08. The first kappa shape index (κ1) is 14.8. The summed E-state index contributed by atoms with van der Waals surface area (Å²) in [7, 11) is 0. The lowest BCUT2D eigenvalue weighted by Crippen LogP contribution is -2.02. The summed E-state index contributed by atoms with van der Waals surface area (Å²) in [5.41, 5.74) is 2.01. The van der Waals surface area contributed by atoms with Crippen molar-refractivity contribution in [2.45, 2.75) is 37.2 Å². The molecule has 0 aliphatic rings. The Kier molecular flexibility index (Phi) is 4.58. The van der Waals surface area contributed by atoms with Gasteiger partial charge in [-0.25, -0.2) is 9.97 Å². The van der Waals surface area contributed by atoms with E-state index in [9.17, 15) is 0 Å². The molecule has 6 heteroatoms. The first-order valence-corrected chi connectivity index (χ1v) is 8.18. The monoisotopic (exact) mass is 314 g/mol. The molecule has 0 aromatic carbocycles. The molecule has 5 nitrogen and oxygen atoms in total. The number of hydrogen-bond donors (Lipinski definition) is 0. The second-order valence-corrected chi connectivity index (χ2v) is 6.21. The minimum atomic E-state index is 0.339. The number of imidazole rings is 1. The lowest BCUT2D eigenvalue weighted by Gasteiger charge is -2.07. The second-order valence-electron chi connectivity index (χ2n) is 5.27. The number of nitrogens with zero attached hydrogens (tertiary/aromatic N) is 4. The molecule has 0 bridgehead atoms. The molecule has 0 atom stereocenters. The highest BCUT2D eigenvalue weighted by molar-refractivity contribution is 7.98. The van der Waals surface area contributed by atoms with Gasteiger partial charge < -0.3 is 8.98 Å². The van der Waals surface area contributed by atoms with E-state index in [1.807, 2.05) is 36.8 Å². The van der Waals surface area contributed by atoms with Gasteiger partial charge in [-0.1, -0.05) is 31.7 Å². The second kappa shape index (κ2) is 6.79. The van der Waals surface area contributed by atoms with Crippen molar-refractivity contribution in [1.29, 1.82) is 0 Å². The molecule has 0 unspecified atom stereocenters. The molecule has 0 amide bonds. The minimum Gasteiger partial charge on any atom is -0.448 e. The van der Waals surface area contributed by atoms with Crippen LogP contribution in [0.3, 0.4) is 0 Å². The van der Waals surface area contributed by atoms with Gasteiger partial charge in [-0.2, -0.15) is 0 Å². The van der Waals surface area contributed by atoms with Crippen molar-refractivity contribution in [3.8, 4) is 0 Å². The fraction of sp³-hybridized carbons (Fsp3) is 0.312. The van der Waals surface area contributed by atoms with E-state index >= 15 is 0 Å². The molecule has 0 aliphatic carbocycles. The zero-order valence-corrected chi connectivity index (χ0v) is 13.5. The van der Waals surface area contributed by atoms with Crippen molar-refractivity contribution < 1.29 is 4.42 Å².